The third-order valence-corrected chi connectivity index (χ3v) is 4.05. The second kappa shape index (κ2) is 6.19. The molecule has 0 bridgehead atoms. The van der Waals surface area contributed by atoms with Crippen LogP contribution in [0.4, 0.5) is 10.1 Å². The maximum Gasteiger partial charge on any atom is 0.125 e. The van der Waals surface area contributed by atoms with E-state index in [1.165, 1.54) is 18.2 Å². The zero-order valence-electron chi connectivity index (χ0n) is 9.48. The van der Waals surface area contributed by atoms with Gasteiger partial charge in [0.25, 0.3) is 0 Å². The Labute approximate surface area is 130 Å². The molecule has 0 aliphatic rings. The number of benzene rings is 2. The fourth-order valence-electron chi connectivity index (χ4n) is 1.55. The van der Waals surface area contributed by atoms with Crippen molar-refractivity contribution in [3.63, 3.8) is 0 Å². The van der Waals surface area contributed by atoms with E-state index in [1.807, 2.05) is 0 Å². The molecule has 100 valence electrons. The van der Waals surface area contributed by atoms with Crippen molar-refractivity contribution >= 4 is 52.1 Å². The minimum absolute atomic E-state index is 0.293. The van der Waals surface area contributed by atoms with E-state index in [0.717, 1.165) is 0 Å². The molecule has 0 spiro atoms. The lowest BCUT2D eigenvalue weighted by Gasteiger charge is -2.12. The van der Waals surface area contributed by atoms with Crippen LogP contribution < -0.4 is 5.32 Å². The molecular weight excluding hydrogens is 331 g/mol. The fraction of sp³-hybridized carbons (Fsp3) is 0.0769. The molecule has 0 atom stereocenters. The number of rotatable bonds is 3. The van der Waals surface area contributed by atoms with Crippen LogP contribution in [0.2, 0.25) is 20.1 Å². The van der Waals surface area contributed by atoms with Crippen LogP contribution in [-0.4, -0.2) is 0 Å². The Morgan fingerprint density at radius 3 is 2.26 bits per heavy atom. The molecule has 1 N–H and O–H groups in total. The quantitative estimate of drug-likeness (QED) is 0.671. The second-order valence-electron chi connectivity index (χ2n) is 3.80. The molecular formula is C13H8Cl4FN. The summed E-state index contributed by atoms with van der Waals surface area (Å²) in [5.41, 5.74) is 1.10. The highest BCUT2D eigenvalue weighted by atomic mass is 35.5. The maximum atomic E-state index is 13.1. The van der Waals surface area contributed by atoms with Gasteiger partial charge in [-0.3, -0.25) is 0 Å². The van der Waals surface area contributed by atoms with Crippen molar-refractivity contribution < 1.29 is 4.39 Å². The molecule has 0 saturated heterocycles. The van der Waals surface area contributed by atoms with Crippen LogP contribution in [0.3, 0.4) is 0 Å². The monoisotopic (exact) mass is 337 g/mol. The van der Waals surface area contributed by atoms with Crippen molar-refractivity contribution in [1.29, 1.82) is 0 Å². The van der Waals surface area contributed by atoms with Gasteiger partial charge in [0.05, 0.1) is 20.8 Å². The van der Waals surface area contributed by atoms with Crippen LogP contribution in [0.1, 0.15) is 5.56 Å². The summed E-state index contributed by atoms with van der Waals surface area (Å²) in [5.74, 6) is -0.379. The highest BCUT2D eigenvalue weighted by Crippen LogP contribution is 2.32. The van der Waals surface area contributed by atoms with Gasteiger partial charge in [0.1, 0.15) is 5.82 Å². The van der Waals surface area contributed by atoms with Gasteiger partial charge >= 0.3 is 0 Å². The van der Waals surface area contributed by atoms with Gasteiger partial charge in [-0.25, -0.2) is 4.39 Å². The summed E-state index contributed by atoms with van der Waals surface area (Å²) < 4.78 is 13.1. The second-order valence-corrected chi connectivity index (χ2v) is 5.40. The molecule has 0 amide bonds. The van der Waals surface area contributed by atoms with E-state index in [-0.39, 0.29) is 5.82 Å². The molecule has 0 aliphatic carbocycles. The highest BCUT2D eigenvalue weighted by molar-refractivity contribution is 6.44. The Balaban J connectivity index is 2.24. The van der Waals surface area contributed by atoms with E-state index >= 15 is 0 Å². The van der Waals surface area contributed by atoms with Crippen molar-refractivity contribution in [3.8, 4) is 0 Å². The lowest BCUT2D eigenvalue weighted by Crippen LogP contribution is -2.02. The molecule has 0 unspecified atom stereocenters. The zero-order valence-corrected chi connectivity index (χ0v) is 12.5. The van der Waals surface area contributed by atoms with Crippen LogP contribution in [-0.2, 0) is 6.54 Å². The summed E-state index contributed by atoms with van der Waals surface area (Å²) in [6.07, 6.45) is 0. The first kappa shape index (κ1) is 14.7. The third kappa shape index (κ3) is 3.46. The van der Waals surface area contributed by atoms with Gasteiger partial charge < -0.3 is 5.32 Å². The molecule has 0 fully saturated rings. The molecule has 19 heavy (non-hydrogen) atoms. The average Bonchev–Trinajstić information content (AvgIpc) is 2.38. The first-order chi connectivity index (χ1) is 8.99. The smallest absolute Gasteiger partial charge is 0.125 e. The summed E-state index contributed by atoms with van der Waals surface area (Å²) >= 11 is 24.0. The number of nitrogens with one attached hydrogen (secondary N) is 1. The first-order valence-corrected chi connectivity index (χ1v) is 6.81. The molecule has 2 rings (SSSR count). The fourth-order valence-corrected chi connectivity index (χ4v) is 2.41. The lowest BCUT2D eigenvalue weighted by molar-refractivity contribution is 0.628. The van der Waals surface area contributed by atoms with Gasteiger partial charge in [0, 0.05) is 17.1 Å². The molecule has 2 aromatic carbocycles. The van der Waals surface area contributed by atoms with E-state index in [1.54, 1.807) is 12.1 Å². The van der Waals surface area contributed by atoms with Crippen molar-refractivity contribution in [2.24, 2.45) is 0 Å². The lowest BCUT2D eigenvalue weighted by atomic mass is 10.2. The van der Waals surface area contributed by atoms with Gasteiger partial charge in [0.2, 0.25) is 0 Å². The van der Waals surface area contributed by atoms with Crippen LogP contribution in [0.15, 0.2) is 30.3 Å². The van der Waals surface area contributed by atoms with Gasteiger partial charge in [0.15, 0.2) is 0 Å². The minimum atomic E-state index is -0.379. The summed E-state index contributed by atoms with van der Waals surface area (Å²) in [5, 5.41) is 4.65. The normalized spacial score (nSPS) is 10.6. The molecule has 2 aromatic rings. The first-order valence-electron chi connectivity index (χ1n) is 5.30. The predicted octanol–water partition coefficient (Wildman–Crippen LogP) is 6.05. The summed E-state index contributed by atoms with van der Waals surface area (Å²) in [7, 11) is 0. The van der Waals surface area contributed by atoms with E-state index in [9.17, 15) is 4.39 Å². The Morgan fingerprint density at radius 2 is 1.53 bits per heavy atom. The van der Waals surface area contributed by atoms with Crippen molar-refractivity contribution in [2.75, 3.05) is 5.32 Å². The molecule has 6 heteroatoms. The number of halogens is 5. The minimum Gasteiger partial charge on any atom is -0.380 e. The van der Waals surface area contributed by atoms with Crippen LogP contribution in [0, 0.1) is 5.82 Å². The van der Waals surface area contributed by atoms with Gasteiger partial charge in [-0.1, -0.05) is 46.4 Å². The summed E-state index contributed by atoms with van der Waals surface area (Å²) in [6.45, 7) is 0.293. The largest absolute Gasteiger partial charge is 0.380 e. The van der Waals surface area contributed by atoms with Crippen LogP contribution in [0.5, 0.6) is 0 Å². The van der Waals surface area contributed by atoms with Crippen molar-refractivity contribution in [2.45, 2.75) is 6.54 Å². The Morgan fingerprint density at radius 1 is 0.895 bits per heavy atom. The van der Waals surface area contributed by atoms with Gasteiger partial charge in [-0.05, 0) is 30.3 Å². The number of anilines is 1. The topological polar surface area (TPSA) is 12.0 Å². The molecule has 0 aromatic heterocycles. The van der Waals surface area contributed by atoms with Gasteiger partial charge in [-0.2, -0.15) is 0 Å². The molecule has 0 aliphatic heterocycles. The van der Waals surface area contributed by atoms with Crippen LogP contribution >= 0.6 is 46.4 Å². The Hall–Kier alpha value is -0.670. The van der Waals surface area contributed by atoms with E-state index < -0.39 is 0 Å². The van der Waals surface area contributed by atoms with E-state index in [0.29, 0.717) is 37.9 Å². The van der Waals surface area contributed by atoms with Crippen molar-refractivity contribution in [3.05, 3.63) is 61.8 Å². The van der Waals surface area contributed by atoms with E-state index in [2.05, 4.69) is 5.32 Å². The molecule has 0 heterocycles. The SMILES string of the molecule is Fc1ccc(Cl)c(NCc2c(Cl)ccc(Cl)c2Cl)c1. The average molecular weight is 339 g/mol. The van der Waals surface area contributed by atoms with Crippen molar-refractivity contribution in [1.82, 2.24) is 0 Å². The predicted molar refractivity (Wildman–Crippen MR) is 80.2 cm³/mol. The standard InChI is InChI=1S/C13H8Cl4FN/c14-9-3-4-11(16)13(17)8(9)6-19-12-5-7(18)1-2-10(12)15/h1-5,19H,6H2. The molecule has 1 nitrogen and oxygen atoms in total. The summed E-state index contributed by atoms with van der Waals surface area (Å²) in [4.78, 5) is 0. The molecule has 0 radical (unpaired) electrons. The summed E-state index contributed by atoms with van der Waals surface area (Å²) in [6, 6.07) is 7.33. The van der Waals surface area contributed by atoms with Crippen LogP contribution in [0.25, 0.3) is 0 Å². The number of hydrogen-bond donors (Lipinski definition) is 1. The Bertz CT molecular complexity index is 616. The van der Waals surface area contributed by atoms with Gasteiger partial charge in [-0.15, -0.1) is 0 Å². The highest BCUT2D eigenvalue weighted by Gasteiger charge is 2.10. The molecule has 0 saturated carbocycles. The van der Waals surface area contributed by atoms with E-state index in [4.69, 9.17) is 46.4 Å². The third-order valence-electron chi connectivity index (χ3n) is 2.52. The number of hydrogen-bond acceptors (Lipinski definition) is 1. The Kier molecular flexibility index (Phi) is 4.80. The zero-order chi connectivity index (χ0) is 14.0. The maximum absolute atomic E-state index is 13.1.